The van der Waals surface area contributed by atoms with Crippen LogP contribution in [0.15, 0.2) is 18.2 Å². The highest BCUT2D eigenvalue weighted by atomic mass is 35.5. The highest BCUT2D eigenvalue weighted by Gasteiger charge is 2.07. The Labute approximate surface area is 137 Å². The van der Waals surface area contributed by atoms with Crippen LogP contribution in [0.25, 0.3) is 0 Å². The Hall–Kier alpha value is -0.520. The molecule has 0 amide bonds. The first-order chi connectivity index (χ1) is 10.1. The van der Waals surface area contributed by atoms with Crippen molar-refractivity contribution in [3.8, 4) is 5.75 Å². The van der Waals surface area contributed by atoms with Gasteiger partial charge in [0.2, 0.25) is 0 Å². The van der Waals surface area contributed by atoms with E-state index >= 15 is 0 Å². The minimum absolute atomic E-state index is 0.218. The van der Waals surface area contributed by atoms with Crippen molar-refractivity contribution < 1.29 is 9.84 Å². The zero-order valence-electron chi connectivity index (χ0n) is 12.6. The second-order valence-corrected chi connectivity index (χ2v) is 5.59. The monoisotopic (exact) mass is 334 g/mol. The molecular weight excluding hydrogens is 311 g/mol. The van der Waals surface area contributed by atoms with Crippen molar-refractivity contribution >= 4 is 23.2 Å². The molecule has 0 saturated heterocycles. The predicted octanol–water partition coefficient (Wildman–Crippen LogP) is 2.66. The number of hydrogen-bond donors (Lipinski definition) is 2. The lowest BCUT2D eigenvalue weighted by atomic mass is 10.3. The maximum absolute atomic E-state index is 9.85. The first-order valence-corrected chi connectivity index (χ1v) is 8.01. The minimum Gasteiger partial charge on any atom is -0.491 e. The lowest BCUT2D eigenvalue weighted by molar-refractivity contribution is 0.106. The Balaban J connectivity index is 2.19. The molecule has 0 bridgehead atoms. The van der Waals surface area contributed by atoms with Crippen molar-refractivity contribution in [1.82, 2.24) is 10.2 Å². The van der Waals surface area contributed by atoms with Gasteiger partial charge in [0.15, 0.2) is 0 Å². The molecule has 1 unspecified atom stereocenters. The van der Waals surface area contributed by atoms with Crippen LogP contribution >= 0.6 is 23.2 Å². The Kier molecular flexibility index (Phi) is 9.04. The van der Waals surface area contributed by atoms with Crippen molar-refractivity contribution in [2.24, 2.45) is 0 Å². The number of likely N-dealkylation sites (N-methyl/N-ethyl adjacent to an activating group) is 1. The summed E-state index contributed by atoms with van der Waals surface area (Å²) in [6.07, 6.45) is -0.559. The van der Waals surface area contributed by atoms with Gasteiger partial charge in [-0.05, 0) is 25.2 Å². The zero-order valence-corrected chi connectivity index (χ0v) is 14.1. The first-order valence-electron chi connectivity index (χ1n) is 7.25. The molecule has 0 aliphatic rings. The molecule has 0 aliphatic carbocycles. The zero-order chi connectivity index (χ0) is 15.7. The average Bonchev–Trinajstić information content (AvgIpc) is 2.48. The van der Waals surface area contributed by atoms with E-state index < -0.39 is 6.10 Å². The molecule has 0 fully saturated rings. The van der Waals surface area contributed by atoms with E-state index in [0.29, 0.717) is 22.3 Å². The maximum Gasteiger partial charge on any atom is 0.121 e. The van der Waals surface area contributed by atoms with Gasteiger partial charge in [-0.2, -0.15) is 0 Å². The van der Waals surface area contributed by atoms with Crippen LogP contribution in [0.3, 0.4) is 0 Å². The predicted molar refractivity (Wildman–Crippen MR) is 88.6 cm³/mol. The first kappa shape index (κ1) is 18.5. The van der Waals surface area contributed by atoms with E-state index in [1.165, 1.54) is 0 Å². The molecular formula is C15H24Cl2N2O2. The van der Waals surface area contributed by atoms with Crippen molar-refractivity contribution in [3.05, 3.63) is 28.2 Å². The van der Waals surface area contributed by atoms with Crippen LogP contribution in [-0.2, 0) is 0 Å². The van der Waals surface area contributed by atoms with Gasteiger partial charge >= 0.3 is 0 Å². The lowest BCUT2D eigenvalue weighted by Gasteiger charge is -2.19. The van der Waals surface area contributed by atoms with Crippen LogP contribution in [0.5, 0.6) is 5.75 Å². The summed E-state index contributed by atoms with van der Waals surface area (Å²) in [5.74, 6) is 0.603. The topological polar surface area (TPSA) is 44.7 Å². The summed E-state index contributed by atoms with van der Waals surface area (Å²) in [6, 6.07) is 5.05. The quantitative estimate of drug-likeness (QED) is 0.646. The summed E-state index contributed by atoms with van der Waals surface area (Å²) < 4.78 is 5.48. The number of ether oxygens (including phenoxy) is 1. The van der Waals surface area contributed by atoms with Gasteiger partial charge in [0, 0.05) is 25.7 Å². The van der Waals surface area contributed by atoms with E-state index in [1.54, 1.807) is 18.2 Å². The fourth-order valence-electron chi connectivity index (χ4n) is 1.86. The third kappa shape index (κ3) is 7.34. The number of aliphatic hydroxyl groups excluding tert-OH is 1. The summed E-state index contributed by atoms with van der Waals surface area (Å²) in [6.45, 7) is 8.92. The smallest absolute Gasteiger partial charge is 0.121 e. The van der Waals surface area contributed by atoms with Crippen LogP contribution in [0.1, 0.15) is 13.8 Å². The molecule has 0 heterocycles. The number of hydrogen-bond acceptors (Lipinski definition) is 4. The molecule has 2 N–H and O–H groups in total. The average molecular weight is 335 g/mol. The molecule has 1 aromatic rings. The summed E-state index contributed by atoms with van der Waals surface area (Å²) in [4.78, 5) is 2.32. The van der Waals surface area contributed by atoms with Gasteiger partial charge in [-0.3, -0.25) is 0 Å². The molecule has 0 spiro atoms. The largest absolute Gasteiger partial charge is 0.491 e. The highest BCUT2D eigenvalue weighted by Crippen LogP contribution is 2.26. The second-order valence-electron chi connectivity index (χ2n) is 4.77. The summed E-state index contributed by atoms with van der Waals surface area (Å²) in [7, 11) is 0. The lowest BCUT2D eigenvalue weighted by Crippen LogP contribution is -2.37. The van der Waals surface area contributed by atoms with Crippen molar-refractivity contribution in [3.63, 3.8) is 0 Å². The summed E-state index contributed by atoms with van der Waals surface area (Å²) in [5, 5.41) is 14.0. The number of nitrogens with one attached hydrogen (secondary N) is 1. The van der Waals surface area contributed by atoms with E-state index in [1.807, 2.05) is 0 Å². The van der Waals surface area contributed by atoms with Crippen molar-refractivity contribution in [2.75, 3.05) is 39.3 Å². The fraction of sp³-hybridized carbons (Fsp3) is 0.600. The van der Waals surface area contributed by atoms with Crippen LogP contribution in [0.2, 0.25) is 10.0 Å². The molecule has 1 aromatic carbocycles. The number of rotatable bonds is 10. The van der Waals surface area contributed by atoms with E-state index in [9.17, 15) is 5.11 Å². The third-order valence-electron chi connectivity index (χ3n) is 3.21. The Bertz CT molecular complexity index is 415. The van der Waals surface area contributed by atoms with Crippen molar-refractivity contribution in [1.29, 1.82) is 0 Å². The fourth-order valence-corrected chi connectivity index (χ4v) is 2.15. The van der Waals surface area contributed by atoms with E-state index in [2.05, 4.69) is 24.1 Å². The van der Waals surface area contributed by atoms with Crippen LogP contribution < -0.4 is 10.1 Å². The van der Waals surface area contributed by atoms with Gasteiger partial charge in [0.25, 0.3) is 0 Å². The van der Waals surface area contributed by atoms with Gasteiger partial charge in [-0.15, -0.1) is 0 Å². The normalized spacial score (nSPS) is 12.7. The molecule has 1 atom stereocenters. The van der Waals surface area contributed by atoms with Gasteiger partial charge < -0.3 is 20.1 Å². The molecule has 120 valence electrons. The Morgan fingerprint density at radius 2 is 1.95 bits per heavy atom. The highest BCUT2D eigenvalue weighted by molar-refractivity contribution is 6.42. The maximum atomic E-state index is 9.85. The van der Waals surface area contributed by atoms with Crippen LogP contribution in [-0.4, -0.2) is 55.4 Å². The van der Waals surface area contributed by atoms with E-state index in [-0.39, 0.29) is 6.61 Å². The molecule has 0 aromatic heterocycles. The molecule has 6 heteroatoms. The number of aliphatic hydroxyl groups is 1. The van der Waals surface area contributed by atoms with Gasteiger partial charge in [0.1, 0.15) is 18.5 Å². The van der Waals surface area contributed by atoms with Gasteiger partial charge in [-0.25, -0.2) is 0 Å². The summed E-state index contributed by atoms with van der Waals surface area (Å²) >= 11 is 11.7. The minimum atomic E-state index is -0.559. The Morgan fingerprint density at radius 3 is 2.57 bits per heavy atom. The number of benzene rings is 1. The van der Waals surface area contributed by atoms with E-state index in [4.69, 9.17) is 27.9 Å². The van der Waals surface area contributed by atoms with Gasteiger partial charge in [0.05, 0.1) is 10.0 Å². The number of halogens is 2. The molecule has 21 heavy (non-hydrogen) atoms. The Morgan fingerprint density at radius 1 is 1.24 bits per heavy atom. The second kappa shape index (κ2) is 10.2. The molecule has 4 nitrogen and oxygen atoms in total. The van der Waals surface area contributed by atoms with Crippen molar-refractivity contribution in [2.45, 2.75) is 20.0 Å². The molecule has 1 rings (SSSR count). The number of nitrogens with zero attached hydrogens (tertiary/aromatic N) is 1. The SMILES string of the molecule is CCN(CC)CCNCC(O)COc1ccc(Cl)c(Cl)c1. The third-order valence-corrected chi connectivity index (χ3v) is 3.95. The van der Waals surface area contributed by atoms with E-state index in [0.717, 1.165) is 26.2 Å². The molecule has 0 radical (unpaired) electrons. The van der Waals surface area contributed by atoms with Gasteiger partial charge in [-0.1, -0.05) is 37.0 Å². The molecule has 0 saturated carbocycles. The van der Waals surface area contributed by atoms with Crippen LogP contribution in [0, 0.1) is 0 Å². The van der Waals surface area contributed by atoms with Crippen LogP contribution in [0.4, 0.5) is 0 Å². The molecule has 0 aliphatic heterocycles. The standard InChI is InChI=1S/C15H24Cl2N2O2/c1-3-19(4-2)8-7-18-10-12(20)11-21-13-5-6-14(16)15(17)9-13/h5-6,9,12,18,20H,3-4,7-8,10-11H2,1-2H3. The summed E-state index contributed by atoms with van der Waals surface area (Å²) in [5.41, 5.74) is 0.